The Labute approximate surface area is 195 Å². The van der Waals surface area contributed by atoms with E-state index in [0.29, 0.717) is 10.0 Å². The number of amides is 1. The molecule has 0 saturated carbocycles. The summed E-state index contributed by atoms with van der Waals surface area (Å²) < 4.78 is 44.3. The number of benzene rings is 2. The van der Waals surface area contributed by atoms with Gasteiger partial charge in [0, 0.05) is 29.8 Å². The average molecular weight is 523 g/mol. The number of aryl methyl sites for hydroxylation is 1. The molecule has 0 aliphatic rings. The maximum absolute atomic E-state index is 14.5. The van der Waals surface area contributed by atoms with Crippen molar-refractivity contribution in [3.05, 3.63) is 82.3 Å². The molecule has 2 N–H and O–H groups in total. The highest BCUT2D eigenvalue weighted by molar-refractivity contribution is 9.10. The second kappa shape index (κ2) is 9.51. The summed E-state index contributed by atoms with van der Waals surface area (Å²) in [6, 6.07) is 12.7. The molecule has 10 heteroatoms. The molecule has 1 atom stereocenters. The fraction of sp³-hybridized carbons (Fsp3) is 0.273. The molecule has 1 heterocycles. The van der Waals surface area contributed by atoms with E-state index in [1.54, 1.807) is 57.3 Å². The predicted octanol–water partition coefficient (Wildman–Crippen LogP) is 3.44. The lowest BCUT2D eigenvalue weighted by Gasteiger charge is -2.28. The smallest absolute Gasteiger partial charge is 0.243 e. The van der Waals surface area contributed by atoms with E-state index in [2.05, 4.69) is 31.1 Å². The quantitative estimate of drug-likeness (QED) is 0.473. The molecule has 0 aliphatic carbocycles. The number of sulfonamides is 1. The number of carbonyl (C=O) groups excluding carboxylic acids is 1. The molecule has 32 heavy (non-hydrogen) atoms. The van der Waals surface area contributed by atoms with Crippen LogP contribution >= 0.6 is 15.9 Å². The first-order valence-electron chi connectivity index (χ1n) is 9.80. The van der Waals surface area contributed by atoms with Gasteiger partial charge >= 0.3 is 0 Å². The van der Waals surface area contributed by atoms with Crippen LogP contribution in [0.1, 0.15) is 31.0 Å². The van der Waals surface area contributed by atoms with E-state index in [-0.39, 0.29) is 17.0 Å². The van der Waals surface area contributed by atoms with E-state index >= 15 is 0 Å². The standard InChI is InChI=1S/C22H24BrFN4O3S/c1-22(2,18-11-16(23)9-10-19(18)24)21(29)27-20(15-7-5-4-6-8-15)13-26-32(30,31)17-12-25-28(3)14-17/h4-12,14,20,26H,13H2,1-3H3,(H,27,29). The van der Waals surface area contributed by atoms with Crippen molar-refractivity contribution in [2.75, 3.05) is 6.54 Å². The maximum atomic E-state index is 14.5. The van der Waals surface area contributed by atoms with Gasteiger partial charge in [-0.25, -0.2) is 17.5 Å². The van der Waals surface area contributed by atoms with E-state index in [0.717, 1.165) is 0 Å². The van der Waals surface area contributed by atoms with Gasteiger partial charge in [-0.15, -0.1) is 0 Å². The van der Waals surface area contributed by atoms with Crippen LogP contribution in [0.25, 0.3) is 0 Å². The molecule has 170 valence electrons. The third-order valence-corrected chi connectivity index (χ3v) is 7.02. The van der Waals surface area contributed by atoms with Crippen LogP contribution in [0.3, 0.4) is 0 Å². The van der Waals surface area contributed by atoms with Crippen LogP contribution in [-0.4, -0.2) is 30.7 Å². The molecule has 0 bridgehead atoms. The van der Waals surface area contributed by atoms with Crippen molar-refractivity contribution >= 4 is 31.9 Å². The van der Waals surface area contributed by atoms with Crippen LogP contribution in [0.2, 0.25) is 0 Å². The molecule has 1 aromatic heterocycles. The third-order valence-electron chi connectivity index (χ3n) is 5.15. The summed E-state index contributed by atoms with van der Waals surface area (Å²) >= 11 is 3.31. The first-order chi connectivity index (χ1) is 15.0. The molecule has 0 spiro atoms. The minimum atomic E-state index is -3.83. The monoisotopic (exact) mass is 522 g/mol. The molecule has 1 unspecified atom stereocenters. The number of aromatic nitrogens is 2. The Morgan fingerprint density at radius 2 is 1.91 bits per heavy atom. The number of carbonyl (C=O) groups is 1. The molecule has 3 aromatic rings. The predicted molar refractivity (Wildman–Crippen MR) is 123 cm³/mol. The molecule has 0 radical (unpaired) electrons. The molecule has 1 amide bonds. The van der Waals surface area contributed by atoms with Gasteiger partial charge in [0.25, 0.3) is 0 Å². The van der Waals surface area contributed by atoms with Gasteiger partial charge in [0.1, 0.15) is 10.7 Å². The number of hydrogen-bond donors (Lipinski definition) is 2. The molecule has 2 aromatic carbocycles. The Balaban J connectivity index is 1.85. The van der Waals surface area contributed by atoms with Crippen molar-refractivity contribution in [1.82, 2.24) is 19.8 Å². The average Bonchev–Trinajstić information content (AvgIpc) is 3.20. The minimum Gasteiger partial charge on any atom is -0.347 e. The van der Waals surface area contributed by atoms with Crippen LogP contribution in [0, 0.1) is 5.82 Å². The van der Waals surface area contributed by atoms with E-state index in [4.69, 9.17) is 0 Å². The van der Waals surface area contributed by atoms with Gasteiger partial charge in [-0.1, -0.05) is 46.3 Å². The van der Waals surface area contributed by atoms with Crippen molar-refractivity contribution < 1.29 is 17.6 Å². The molecule has 0 fully saturated rings. The number of nitrogens with zero attached hydrogens (tertiary/aromatic N) is 2. The number of nitrogens with one attached hydrogen (secondary N) is 2. The zero-order valence-corrected chi connectivity index (χ0v) is 20.2. The molecule has 7 nitrogen and oxygen atoms in total. The Morgan fingerprint density at radius 3 is 2.53 bits per heavy atom. The van der Waals surface area contributed by atoms with Gasteiger partial charge in [-0.2, -0.15) is 5.10 Å². The van der Waals surface area contributed by atoms with Gasteiger partial charge < -0.3 is 5.32 Å². The van der Waals surface area contributed by atoms with Crippen LogP contribution < -0.4 is 10.0 Å². The zero-order chi connectivity index (χ0) is 23.5. The van der Waals surface area contributed by atoms with Crippen molar-refractivity contribution in [3.63, 3.8) is 0 Å². The zero-order valence-electron chi connectivity index (χ0n) is 17.8. The first kappa shape index (κ1) is 24.1. The molecule has 3 rings (SSSR count). The molecule has 0 saturated heterocycles. The van der Waals surface area contributed by atoms with Crippen LogP contribution in [0.15, 0.2) is 70.3 Å². The molecule has 0 aliphatic heterocycles. The van der Waals surface area contributed by atoms with Gasteiger partial charge in [0.2, 0.25) is 15.9 Å². The van der Waals surface area contributed by atoms with Gasteiger partial charge in [0.05, 0.1) is 17.7 Å². The minimum absolute atomic E-state index is 0.0228. The topological polar surface area (TPSA) is 93.1 Å². The van der Waals surface area contributed by atoms with E-state index < -0.39 is 33.2 Å². The highest BCUT2D eigenvalue weighted by Gasteiger charge is 2.34. The van der Waals surface area contributed by atoms with Crippen molar-refractivity contribution in [2.24, 2.45) is 7.05 Å². The van der Waals surface area contributed by atoms with Crippen molar-refractivity contribution in [1.29, 1.82) is 0 Å². The number of rotatable bonds is 8. The Morgan fingerprint density at radius 1 is 1.22 bits per heavy atom. The fourth-order valence-corrected chi connectivity index (χ4v) is 4.58. The van der Waals surface area contributed by atoms with Crippen LogP contribution in [0.5, 0.6) is 0 Å². The lowest BCUT2D eigenvalue weighted by atomic mass is 9.83. The Hall–Kier alpha value is -2.56. The second-order valence-corrected chi connectivity index (χ2v) is 10.6. The summed E-state index contributed by atoms with van der Waals surface area (Å²) in [5.74, 6) is -0.939. The SMILES string of the molecule is Cn1cc(S(=O)(=O)NCC(NC(=O)C(C)(C)c2cc(Br)ccc2F)c2ccccc2)cn1. The van der Waals surface area contributed by atoms with Gasteiger partial charge in [-0.05, 0) is 37.6 Å². The van der Waals surface area contributed by atoms with E-state index in [1.807, 2.05) is 6.07 Å². The maximum Gasteiger partial charge on any atom is 0.243 e. The normalized spacial score (nSPS) is 13.0. The molecular formula is C22H24BrFN4O3S. The largest absolute Gasteiger partial charge is 0.347 e. The Bertz CT molecular complexity index is 1210. The lowest BCUT2D eigenvalue weighted by Crippen LogP contribution is -2.45. The number of hydrogen-bond acceptors (Lipinski definition) is 4. The highest BCUT2D eigenvalue weighted by Crippen LogP contribution is 2.29. The van der Waals surface area contributed by atoms with E-state index in [1.165, 1.54) is 23.1 Å². The van der Waals surface area contributed by atoms with Gasteiger partial charge in [0.15, 0.2) is 0 Å². The summed E-state index contributed by atoms with van der Waals surface area (Å²) in [7, 11) is -2.21. The van der Waals surface area contributed by atoms with Crippen LogP contribution in [-0.2, 0) is 27.3 Å². The van der Waals surface area contributed by atoms with Crippen molar-refractivity contribution in [3.8, 4) is 0 Å². The van der Waals surface area contributed by atoms with Crippen LogP contribution in [0.4, 0.5) is 4.39 Å². The highest BCUT2D eigenvalue weighted by atomic mass is 79.9. The Kier molecular flexibility index (Phi) is 7.16. The summed E-state index contributed by atoms with van der Waals surface area (Å²) in [6.07, 6.45) is 2.63. The summed E-state index contributed by atoms with van der Waals surface area (Å²) in [4.78, 5) is 13.2. The first-order valence-corrected chi connectivity index (χ1v) is 12.1. The second-order valence-electron chi connectivity index (χ2n) is 7.89. The van der Waals surface area contributed by atoms with Crippen molar-refractivity contribution in [2.45, 2.75) is 30.2 Å². The summed E-state index contributed by atoms with van der Waals surface area (Å²) in [5.41, 5.74) is -0.268. The molecular weight excluding hydrogens is 499 g/mol. The lowest BCUT2D eigenvalue weighted by molar-refractivity contribution is -0.126. The van der Waals surface area contributed by atoms with Gasteiger partial charge in [-0.3, -0.25) is 9.48 Å². The fourth-order valence-electron chi connectivity index (χ4n) is 3.19. The summed E-state index contributed by atoms with van der Waals surface area (Å²) in [6.45, 7) is 3.15. The third kappa shape index (κ3) is 5.43. The number of halogens is 2. The van der Waals surface area contributed by atoms with E-state index in [9.17, 15) is 17.6 Å². The summed E-state index contributed by atoms with van der Waals surface area (Å²) in [5, 5.41) is 6.77.